The zero-order chi connectivity index (χ0) is 13.5. The molecule has 2 rings (SSSR count). The molecule has 0 heterocycles. The standard InChI is InChI=1S/C15H14O4/c1-17-11-18-13-9-7-12(8-10-13)15(16)19-14-5-3-2-4-6-14/h2-10H,11H2,1H3. The number of para-hydroxylation sites is 1. The van der Waals surface area contributed by atoms with Crippen LogP contribution in [0, 0.1) is 0 Å². The summed E-state index contributed by atoms with van der Waals surface area (Å²) in [6.07, 6.45) is 0. The number of carbonyl (C=O) groups excluding carboxylic acids is 1. The maximum Gasteiger partial charge on any atom is 0.343 e. The number of esters is 1. The molecule has 2 aromatic rings. The van der Waals surface area contributed by atoms with Gasteiger partial charge in [0.2, 0.25) is 0 Å². The van der Waals surface area contributed by atoms with Gasteiger partial charge in [-0.25, -0.2) is 4.79 Å². The maximum atomic E-state index is 11.9. The van der Waals surface area contributed by atoms with Crippen molar-refractivity contribution < 1.29 is 19.0 Å². The third kappa shape index (κ3) is 3.82. The van der Waals surface area contributed by atoms with Gasteiger partial charge in [0.25, 0.3) is 0 Å². The Labute approximate surface area is 111 Å². The van der Waals surface area contributed by atoms with Crippen LogP contribution >= 0.6 is 0 Å². The maximum absolute atomic E-state index is 11.9. The van der Waals surface area contributed by atoms with Crippen molar-refractivity contribution in [1.82, 2.24) is 0 Å². The highest BCUT2D eigenvalue weighted by Crippen LogP contribution is 2.15. The fourth-order valence-corrected chi connectivity index (χ4v) is 1.47. The van der Waals surface area contributed by atoms with Gasteiger partial charge in [-0.2, -0.15) is 0 Å². The van der Waals surface area contributed by atoms with Crippen molar-refractivity contribution in [1.29, 1.82) is 0 Å². The molecule has 0 bridgehead atoms. The Morgan fingerprint density at radius 2 is 1.63 bits per heavy atom. The summed E-state index contributed by atoms with van der Waals surface area (Å²) >= 11 is 0. The van der Waals surface area contributed by atoms with E-state index >= 15 is 0 Å². The predicted octanol–water partition coefficient (Wildman–Crippen LogP) is 2.89. The predicted molar refractivity (Wildman–Crippen MR) is 70.3 cm³/mol. The number of benzene rings is 2. The second-order valence-corrected chi connectivity index (χ2v) is 3.78. The van der Waals surface area contributed by atoms with Gasteiger partial charge in [0.05, 0.1) is 5.56 Å². The van der Waals surface area contributed by atoms with Gasteiger partial charge in [-0.1, -0.05) is 18.2 Å². The van der Waals surface area contributed by atoms with Crippen LogP contribution in [0.2, 0.25) is 0 Å². The van der Waals surface area contributed by atoms with Crippen LogP contribution in [0.15, 0.2) is 54.6 Å². The molecule has 2 aromatic carbocycles. The minimum atomic E-state index is -0.399. The Hall–Kier alpha value is -2.33. The topological polar surface area (TPSA) is 44.8 Å². The summed E-state index contributed by atoms with van der Waals surface area (Å²) in [6, 6.07) is 15.6. The lowest BCUT2D eigenvalue weighted by atomic mass is 10.2. The number of carbonyl (C=O) groups is 1. The third-order valence-electron chi connectivity index (χ3n) is 2.39. The van der Waals surface area contributed by atoms with Crippen LogP contribution in [-0.4, -0.2) is 19.9 Å². The molecule has 0 aromatic heterocycles. The first-order valence-corrected chi connectivity index (χ1v) is 5.78. The van der Waals surface area contributed by atoms with Crippen molar-refractivity contribution in [3.8, 4) is 11.5 Å². The molecule has 0 amide bonds. The zero-order valence-corrected chi connectivity index (χ0v) is 10.5. The first-order valence-electron chi connectivity index (χ1n) is 5.78. The van der Waals surface area contributed by atoms with Crippen molar-refractivity contribution in [2.75, 3.05) is 13.9 Å². The van der Waals surface area contributed by atoms with E-state index in [4.69, 9.17) is 14.2 Å². The fourth-order valence-electron chi connectivity index (χ4n) is 1.47. The van der Waals surface area contributed by atoms with Crippen molar-refractivity contribution in [3.63, 3.8) is 0 Å². The van der Waals surface area contributed by atoms with Gasteiger partial charge in [0.1, 0.15) is 11.5 Å². The van der Waals surface area contributed by atoms with E-state index < -0.39 is 5.97 Å². The van der Waals surface area contributed by atoms with Crippen molar-refractivity contribution in [2.45, 2.75) is 0 Å². The van der Waals surface area contributed by atoms with Crippen molar-refractivity contribution in [2.24, 2.45) is 0 Å². The van der Waals surface area contributed by atoms with Crippen LogP contribution in [0.5, 0.6) is 11.5 Å². The third-order valence-corrected chi connectivity index (χ3v) is 2.39. The first kappa shape index (κ1) is 13.1. The summed E-state index contributed by atoms with van der Waals surface area (Å²) in [7, 11) is 1.55. The molecule has 0 aliphatic rings. The monoisotopic (exact) mass is 258 g/mol. The molecule has 0 saturated heterocycles. The quantitative estimate of drug-likeness (QED) is 0.470. The lowest BCUT2D eigenvalue weighted by Crippen LogP contribution is -2.08. The molecule has 4 heteroatoms. The molecule has 19 heavy (non-hydrogen) atoms. The number of rotatable bonds is 5. The summed E-state index contributed by atoms with van der Waals surface area (Å²) in [6.45, 7) is 0.174. The molecule has 0 fully saturated rings. The Kier molecular flexibility index (Phi) is 4.53. The zero-order valence-electron chi connectivity index (χ0n) is 10.5. The highest BCUT2D eigenvalue weighted by Gasteiger charge is 2.08. The summed E-state index contributed by atoms with van der Waals surface area (Å²) in [5.74, 6) is 0.759. The largest absolute Gasteiger partial charge is 0.468 e. The number of methoxy groups -OCH3 is 1. The summed E-state index contributed by atoms with van der Waals surface area (Å²) in [5.41, 5.74) is 0.466. The molecule has 98 valence electrons. The molecule has 4 nitrogen and oxygen atoms in total. The van der Waals surface area contributed by atoms with E-state index in [0.717, 1.165) is 0 Å². The molecular weight excluding hydrogens is 244 g/mol. The smallest absolute Gasteiger partial charge is 0.343 e. The van der Waals surface area contributed by atoms with Gasteiger partial charge in [-0.3, -0.25) is 0 Å². The lowest BCUT2D eigenvalue weighted by Gasteiger charge is -2.06. The molecule has 0 aliphatic carbocycles. The number of hydrogen-bond acceptors (Lipinski definition) is 4. The van der Waals surface area contributed by atoms with E-state index in [0.29, 0.717) is 17.1 Å². The van der Waals surface area contributed by atoms with Gasteiger partial charge in [0.15, 0.2) is 6.79 Å². The van der Waals surface area contributed by atoms with Crippen LogP contribution in [0.25, 0.3) is 0 Å². The molecule has 0 N–H and O–H groups in total. The fraction of sp³-hybridized carbons (Fsp3) is 0.133. The molecule has 0 spiro atoms. The number of ether oxygens (including phenoxy) is 3. The Morgan fingerprint density at radius 1 is 0.947 bits per heavy atom. The minimum absolute atomic E-state index is 0.174. The van der Waals surface area contributed by atoms with Crippen molar-refractivity contribution in [3.05, 3.63) is 60.2 Å². The van der Waals surface area contributed by atoms with Crippen LogP contribution in [0.1, 0.15) is 10.4 Å². The first-order chi connectivity index (χ1) is 9.29. The average Bonchev–Trinajstić information content (AvgIpc) is 2.46. The van der Waals surface area contributed by atoms with Crippen LogP contribution in [0.3, 0.4) is 0 Å². The molecule has 0 unspecified atom stereocenters. The van der Waals surface area contributed by atoms with Gasteiger partial charge < -0.3 is 14.2 Å². The SMILES string of the molecule is COCOc1ccc(C(=O)Oc2ccccc2)cc1. The molecule has 0 aliphatic heterocycles. The molecule has 0 saturated carbocycles. The van der Waals surface area contributed by atoms with E-state index in [2.05, 4.69) is 0 Å². The number of hydrogen-bond donors (Lipinski definition) is 0. The summed E-state index contributed by atoms with van der Waals surface area (Å²) in [5, 5.41) is 0. The van der Waals surface area contributed by atoms with E-state index in [-0.39, 0.29) is 6.79 Å². The van der Waals surface area contributed by atoms with Crippen LogP contribution < -0.4 is 9.47 Å². The molecular formula is C15H14O4. The van der Waals surface area contributed by atoms with Crippen LogP contribution in [-0.2, 0) is 4.74 Å². The normalized spacial score (nSPS) is 9.95. The highest BCUT2D eigenvalue weighted by atomic mass is 16.7. The summed E-state index contributed by atoms with van der Waals surface area (Å²) < 4.78 is 15.2. The highest BCUT2D eigenvalue weighted by molar-refractivity contribution is 5.91. The second kappa shape index (κ2) is 6.56. The van der Waals surface area contributed by atoms with Gasteiger partial charge in [-0.05, 0) is 36.4 Å². The lowest BCUT2D eigenvalue weighted by molar-refractivity contribution is 0.0511. The van der Waals surface area contributed by atoms with Crippen molar-refractivity contribution >= 4 is 5.97 Å². The molecule has 0 radical (unpaired) electrons. The van der Waals surface area contributed by atoms with Crippen LogP contribution in [0.4, 0.5) is 0 Å². The Bertz CT molecular complexity index is 520. The average molecular weight is 258 g/mol. The van der Waals surface area contributed by atoms with Gasteiger partial charge in [-0.15, -0.1) is 0 Å². The van der Waals surface area contributed by atoms with E-state index in [1.165, 1.54) is 0 Å². The molecule has 0 atom stereocenters. The van der Waals surface area contributed by atoms with E-state index in [1.807, 2.05) is 18.2 Å². The van der Waals surface area contributed by atoms with E-state index in [1.54, 1.807) is 43.5 Å². The van der Waals surface area contributed by atoms with E-state index in [9.17, 15) is 4.79 Å². The van der Waals surface area contributed by atoms with Gasteiger partial charge >= 0.3 is 5.97 Å². The summed E-state index contributed by atoms with van der Waals surface area (Å²) in [4.78, 5) is 11.9. The Morgan fingerprint density at radius 3 is 2.26 bits per heavy atom. The Balaban J connectivity index is 1.99. The second-order valence-electron chi connectivity index (χ2n) is 3.78. The van der Waals surface area contributed by atoms with Gasteiger partial charge in [0, 0.05) is 7.11 Å². The minimum Gasteiger partial charge on any atom is -0.468 e.